The molecule has 0 bridgehead atoms. The van der Waals surface area contributed by atoms with Gasteiger partial charge < -0.3 is 25.2 Å². The molecule has 4 N–H and O–H groups in total. The first kappa shape index (κ1) is 22.6. The Labute approximate surface area is 181 Å². The number of ketones is 1. The van der Waals surface area contributed by atoms with E-state index in [-0.39, 0.29) is 54.1 Å². The first-order valence-corrected chi connectivity index (χ1v) is 10.2. The molecular weight excluding hydrogens is 401 g/mol. The molecule has 0 spiro atoms. The number of halogens is 1. The Morgan fingerprint density at radius 1 is 1.26 bits per heavy atom. The van der Waals surface area contributed by atoms with Crippen molar-refractivity contribution in [3.05, 3.63) is 52.3 Å². The molecule has 0 aliphatic carbocycles. The van der Waals surface area contributed by atoms with E-state index in [4.69, 9.17) is 20.6 Å². The number of hydrogen-bond donors (Lipinski definition) is 3. The van der Waals surface area contributed by atoms with Crippen molar-refractivity contribution in [3.8, 4) is 17.2 Å². The fraction of sp³-hybridized carbons (Fsp3) is 0.391. The highest BCUT2D eigenvalue weighted by Gasteiger charge is 2.33. The van der Waals surface area contributed by atoms with E-state index in [0.717, 1.165) is 0 Å². The van der Waals surface area contributed by atoms with Crippen molar-refractivity contribution in [2.45, 2.75) is 39.8 Å². The van der Waals surface area contributed by atoms with Crippen LogP contribution in [0, 0.1) is 11.2 Å². The fourth-order valence-corrected chi connectivity index (χ4v) is 3.65. The van der Waals surface area contributed by atoms with Crippen LogP contribution in [0.15, 0.2) is 24.3 Å². The van der Waals surface area contributed by atoms with Crippen molar-refractivity contribution < 1.29 is 23.8 Å². The van der Waals surface area contributed by atoms with Crippen molar-refractivity contribution in [2.75, 3.05) is 19.8 Å². The van der Waals surface area contributed by atoms with Crippen LogP contribution in [0.1, 0.15) is 54.7 Å². The zero-order valence-electron chi connectivity index (χ0n) is 18.2. The Kier molecular flexibility index (Phi) is 6.22. The van der Waals surface area contributed by atoms with Gasteiger partial charge >= 0.3 is 0 Å². The quantitative estimate of drug-likeness (QED) is 0.554. The van der Waals surface area contributed by atoms with Crippen LogP contribution in [0.5, 0.6) is 17.2 Å². The normalized spacial score (nSPS) is 13.4. The number of carbonyl (C=O) groups excluding carboxylic acids is 1. The van der Waals surface area contributed by atoms with Gasteiger partial charge in [0.15, 0.2) is 23.1 Å². The maximum Gasteiger partial charge on any atom is 0.197 e. The lowest BCUT2D eigenvalue weighted by molar-refractivity contribution is 0.0962. The van der Waals surface area contributed by atoms with Gasteiger partial charge in [0.25, 0.3) is 0 Å². The van der Waals surface area contributed by atoms with Gasteiger partial charge in [0, 0.05) is 23.2 Å². The Balaban J connectivity index is 1.88. The van der Waals surface area contributed by atoms with Gasteiger partial charge in [-0.25, -0.2) is 4.39 Å². The molecule has 0 radical (unpaired) electrons. The van der Waals surface area contributed by atoms with E-state index in [1.807, 2.05) is 0 Å². The van der Waals surface area contributed by atoms with E-state index in [1.54, 1.807) is 39.8 Å². The molecule has 3 rings (SSSR count). The minimum Gasteiger partial charge on any atom is -0.508 e. The number of Topliss-reactive ketones (excluding diaryl/α,β-unsaturated/α-hetero) is 1. The maximum atomic E-state index is 15.2. The van der Waals surface area contributed by atoms with Crippen LogP contribution in [-0.4, -0.2) is 41.4 Å². The summed E-state index contributed by atoms with van der Waals surface area (Å²) in [5, 5.41) is 18.5. The molecule has 2 aromatic carbocycles. The first-order valence-electron chi connectivity index (χ1n) is 10.2. The number of amidine groups is 1. The molecular formula is C23H28FN3O4. The largest absolute Gasteiger partial charge is 0.508 e. The van der Waals surface area contributed by atoms with E-state index < -0.39 is 11.4 Å². The van der Waals surface area contributed by atoms with Gasteiger partial charge in [-0.1, -0.05) is 0 Å². The van der Waals surface area contributed by atoms with Crippen LogP contribution >= 0.6 is 0 Å². The van der Waals surface area contributed by atoms with E-state index in [0.29, 0.717) is 23.3 Å². The van der Waals surface area contributed by atoms with Crippen molar-refractivity contribution >= 4 is 11.6 Å². The molecule has 2 aromatic rings. The smallest absolute Gasteiger partial charge is 0.197 e. The first-order chi connectivity index (χ1) is 14.6. The number of phenolic OH excluding ortho intramolecular Hbond substituents is 1. The van der Waals surface area contributed by atoms with E-state index in [1.165, 1.54) is 17.0 Å². The number of nitrogens with one attached hydrogen (secondary N) is 1. The molecule has 0 atom stereocenters. The van der Waals surface area contributed by atoms with Crippen LogP contribution in [0.3, 0.4) is 0 Å². The van der Waals surface area contributed by atoms with Crippen LogP contribution < -0.4 is 15.2 Å². The highest BCUT2D eigenvalue weighted by molar-refractivity contribution is 6.05. The highest BCUT2D eigenvalue weighted by atomic mass is 19.1. The molecule has 0 aromatic heterocycles. The number of rotatable bonds is 8. The molecule has 1 heterocycles. The third-order valence-corrected chi connectivity index (χ3v) is 5.12. The van der Waals surface area contributed by atoms with Crippen LogP contribution in [-0.2, 0) is 12.1 Å². The van der Waals surface area contributed by atoms with Crippen molar-refractivity contribution in [1.82, 2.24) is 4.90 Å². The number of carbonyl (C=O) groups is 1. The van der Waals surface area contributed by atoms with Gasteiger partial charge in [-0.2, -0.15) is 0 Å². The van der Waals surface area contributed by atoms with Gasteiger partial charge in [0.05, 0.1) is 25.3 Å². The number of ether oxygens (including phenoxy) is 2. The molecule has 0 fully saturated rings. The maximum absolute atomic E-state index is 15.2. The summed E-state index contributed by atoms with van der Waals surface area (Å²) < 4.78 is 26.1. The summed E-state index contributed by atoms with van der Waals surface area (Å²) in [4.78, 5) is 14.4. The van der Waals surface area contributed by atoms with E-state index in [9.17, 15) is 9.90 Å². The minimum absolute atomic E-state index is 0.0133. The second kappa shape index (κ2) is 8.55. The Morgan fingerprint density at radius 2 is 1.94 bits per heavy atom. The minimum atomic E-state index is -0.828. The number of nitrogens with two attached hydrogens (primary N) is 1. The zero-order chi connectivity index (χ0) is 22.9. The van der Waals surface area contributed by atoms with Crippen LogP contribution in [0.2, 0.25) is 0 Å². The lowest BCUT2D eigenvalue weighted by Crippen LogP contribution is -2.31. The van der Waals surface area contributed by atoms with E-state index in [2.05, 4.69) is 0 Å². The molecule has 166 valence electrons. The van der Waals surface area contributed by atoms with Crippen molar-refractivity contribution in [3.63, 3.8) is 0 Å². The molecule has 31 heavy (non-hydrogen) atoms. The summed E-state index contributed by atoms with van der Waals surface area (Å²) in [7, 11) is 0. The number of aromatic hydroxyl groups is 1. The lowest BCUT2D eigenvalue weighted by Gasteiger charge is -2.22. The van der Waals surface area contributed by atoms with Gasteiger partial charge in [-0.15, -0.1) is 0 Å². The molecule has 8 heteroatoms. The monoisotopic (exact) mass is 429 g/mol. The fourth-order valence-electron chi connectivity index (χ4n) is 3.65. The average Bonchev–Trinajstić information content (AvgIpc) is 2.99. The number of fused-ring (bicyclic) bond motifs is 1. The SMILES string of the molecule is CCOc1cc2c(c(F)c1OCC)C(=N)N(CC(=O)c1ccc(O)c(C(C)(C)N)c1)C2. The summed E-state index contributed by atoms with van der Waals surface area (Å²) >= 11 is 0. The van der Waals surface area contributed by atoms with Crippen molar-refractivity contribution in [2.24, 2.45) is 5.73 Å². The van der Waals surface area contributed by atoms with Gasteiger partial charge in [-0.3, -0.25) is 10.2 Å². The standard InChI is InChI=1S/C23H28FN3O4/c1-5-30-18-10-14-11-27(22(25)19(14)20(24)21(18)31-6-2)12-17(29)13-7-8-16(28)15(9-13)23(3,4)26/h7-10,25,28H,5-6,11-12,26H2,1-4H3. The predicted molar refractivity (Wildman–Crippen MR) is 116 cm³/mol. The predicted octanol–water partition coefficient (Wildman–Crippen LogP) is 3.55. The second-order valence-corrected chi connectivity index (χ2v) is 8.00. The third kappa shape index (κ3) is 4.34. The summed E-state index contributed by atoms with van der Waals surface area (Å²) in [6.45, 7) is 7.70. The number of hydrogen-bond acceptors (Lipinski definition) is 6. The molecule has 0 saturated heterocycles. The summed E-state index contributed by atoms with van der Waals surface area (Å²) in [5.74, 6) is -0.718. The average molecular weight is 429 g/mol. The summed E-state index contributed by atoms with van der Waals surface area (Å²) in [5.41, 5.74) is 6.75. The molecule has 1 aliphatic rings. The van der Waals surface area contributed by atoms with Gasteiger partial charge in [0.1, 0.15) is 11.6 Å². The summed E-state index contributed by atoms with van der Waals surface area (Å²) in [6, 6.07) is 6.18. The lowest BCUT2D eigenvalue weighted by atomic mass is 9.92. The number of phenols is 1. The Hall–Kier alpha value is -3.13. The van der Waals surface area contributed by atoms with Gasteiger partial charge in [-0.05, 0) is 57.5 Å². The molecule has 0 unspecified atom stereocenters. The molecule has 7 nitrogen and oxygen atoms in total. The zero-order valence-corrected chi connectivity index (χ0v) is 18.2. The molecule has 1 aliphatic heterocycles. The van der Waals surface area contributed by atoms with Crippen LogP contribution in [0.25, 0.3) is 0 Å². The van der Waals surface area contributed by atoms with Gasteiger partial charge in [0.2, 0.25) is 0 Å². The highest BCUT2D eigenvalue weighted by Crippen LogP contribution is 2.39. The Bertz CT molecular complexity index is 1030. The number of nitrogens with zero attached hydrogens (tertiary/aromatic N) is 1. The third-order valence-electron chi connectivity index (χ3n) is 5.12. The summed E-state index contributed by atoms with van der Waals surface area (Å²) in [6.07, 6.45) is 0. The topological polar surface area (TPSA) is 109 Å². The molecule has 0 saturated carbocycles. The second-order valence-electron chi connectivity index (χ2n) is 8.00. The van der Waals surface area contributed by atoms with E-state index >= 15 is 4.39 Å². The number of benzene rings is 2. The van der Waals surface area contributed by atoms with Crippen LogP contribution in [0.4, 0.5) is 4.39 Å². The van der Waals surface area contributed by atoms with Crippen molar-refractivity contribution in [1.29, 1.82) is 5.41 Å². The Morgan fingerprint density at radius 3 is 2.55 bits per heavy atom. The molecule has 0 amide bonds.